The van der Waals surface area contributed by atoms with Crippen LogP contribution in [0.25, 0.3) is 0 Å². The summed E-state index contributed by atoms with van der Waals surface area (Å²) in [5.74, 6) is 0. The number of nitrogens with zero attached hydrogens (tertiary/aromatic N) is 1. The molecule has 2 N–H and O–H groups in total. The Labute approximate surface area is 101 Å². The lowest BCUT2D eigenvalue weighted by Gasteiger charge is -2.15. The van der Waals surface area contributed by atoms with Crippen LogP contribution in [0.5, 0.6) is 0 Å². The molecule has 1 rings (SSSR count). The summed E-state index contributed by atoms with van der Waals surface area (Å²) in [6.07, 6.45) is -3.03. The molecule has 0 heterocycles. The van der Waals surface area contributed by atoms with Crippen LogP contribution in [0, 0.1) is 11.3 Å². The molecule has 15 heavy (non-hydrogen) atoms. The van der Waals surface area contributed by atoms with Gasteiger partial charge in [0.2, 0.25) is 0 Å². The third-order valence-electron chi connectivity index (χ3n) is 1.77. The van der Waals surface area contributed by atoms with Gasteiger partial charge in [0.1, 0.15) is 6.10 Å². The number of hydrogen-bond acceptors (Lipinski definition) is 3. The maximum absolute atomic E-state index is 9.56. The minimum Gasteiger partial charge on any atom is -0.384 e. The second-order valence-corrected chi connectivity index (χ2v) is 4.05. The van der Waals surface area contributed by atoms with E-state index in [1.54, 1.807) is 0 Å². The molecule has 1 aromatic rings. The molecule has 0 aliphatic heterocycles. The van der Waals surface area contributed by atoms with E-state index in [9.17, 15) is 5.11 Å². The van der Waals surface area contributed by atoms with Crippen molar-refractivity contribution in [2.45, 2.75) is 12.2 Å². The Balaban J connectivity index is 3.21. The molecular formula is C9H6Cl3NO2. The first kappa shape index (κ1) is 12.6. The highest BCUT2D eigenvalue weighted by atomic mass is 35.5. The number of nitriles is 1. The van der Waals surface area contributed by atoms with Gasteiger partial charge in [0.25, 0.3) is 0 Å². The van der Waals surface area contributed by atoms with E-state index >= 15 is 0 Å². The Morgan fingerprint density at radius 3 is 2.00 bits per heavy atom. The molecule has 0 bridgehead atoms. The number of halogens is 3. The van der Waals surface area contributed by atoms with Gasteiger partial charge in [-0.15, -0.1) is 0 Å². The molecule has 0 spiro atoms. The molecule has 0 amide bonds. The largest absolute Gasteiger partial charge is 0.384 e. The van der Waals surface area contributed by atoms with Crippen LogP contribution >= 0.6 is 34.8 Å². The van der Waals surface area contributed by atoms with Crippen LogP contribution in [0.15, 0.2) is 12.1 Å². The Kier molecular flexibility index (Phi) is 4.21. The van der Waals surface area contributed by atoms with Crippen LogP contribution in [0.1, 0.15) is 11.7 Å². The van der Waals surface area contributed by atoms with Crippen molar-refractivity contribution in [1.29, 1.82) is 5.26 Å². The zero-order valence-electron chi connectivity index (χ0n) is 7.28. The van der Waals surface area contributed by atoms with E-state index in [1.807, 2.05) is 0 Å². The summed E-state index contributed by atoms with van der Waals surface area (Å²) in [5, 5.41) is 27.6. The summed E-state index contributed by atoms with van der Waals surface area (Å²) in [6.45, 7) is 0. The van der Waals surface area contributed by atoms with Crippen molar-refractivity contribution in [2.24, 2.45) is 0 Å². The van der Waals surface area contributed by atoms with Crippen LogP contribution < -0.4 is 0 Å². The van der Waals surface area contributed by atoms with Gasteiger partial charge >= 0.3 is 0 Å². The van der Waals surface area contributed by atoms with E-state index in [2.05, 4.69) is 0 Å². The maximum Gasteiger partial charge on any atom is 0.170 e. The van der Waals surface area contributed by atoms with Crippen LogP contribution in [-0.2, 0) is 0 Å². The second kappa shape index (κ2) is 5.02. The van der Waals surface area contributed by atoms with Crippen LogP contribution in [0.4, 0.5) is 0 Å². The first-order valence-corrected chi connectivity index (χ1v) is 5.01. The fraction of sp³-hybridized carbons (Fsp3) is 0.222. The lowest BCUT2D eigenvalue weighted by atomic mass is 10.1. The molecule has 0 aliphatic carbocycles. The lowest BCUT2D eigenvalue weighted by molar-refractivity contribution is 0.0529. The standard InChI is InChI=1S/C9H6Cl3NO2/c10-4-1-5(11)8(6(12)2-4)9(15)7(14)3-13/h1-2,7,9,14-15H. The zero-order chi connectivity index (χ0) is 11.6. The molecule has 0 radical (unpaired) electrons. The maximum atomic E-state index is 9.56. The highest BCUT2D eigenvalue weighted by molar-refractivity contribution is 6.39. The Morgan fingerprint density at radius 2 is 1.60 bits per heavy atom. The fourth-order valence-electron chi connectivity index (χ4n) is 1.06. The van der Waals surface area contributed by atoms with E-state index in [0.29, 0.717) is 5.02 Å². The molecule has 0 aromatic heterocycles. The van der Waals surface area contributed by atoms with Crippen molar-refractivity contribution < 1.29 is 10.2 Å². The third kappa shape index (κ3) is 2.75. The van der Waals surface area contributed by atoms with E-state index in [1.165, 1.54) is 18.2 Å². The number of aliphatic hydroxyl groups is 2. The van der Waals surface area contributed by atoms with E-state index < -0.39 is 12.2 Å². The summed E-state index contributed by atoms with van der Waals surface area (Å²) in [5.41, 5.74) is 0.0942. The minimum absolute atomic E-state index is 0.0942. The lowest BCUT2D eigenvalue weighted by Crippen LogP contribution is -2.16. The van der Waals surface area contributed by atoms with Gasteiger partial charge in [-0.2, -0.15) is 5.26 Å². The topological polar surface area (TPSA) is 64.2 Å². The van der Waals surface area contributed by atoms with Gasteiger partial charge in [-0.1, -0.05) is 34.8 Å². The molecule has 1 aromatic carbocycles. The Bertz CT molecular complexity index is 393. The molecule has 6 heteroatoms. The third-order valence-corrected chi connectivity index (χ3v) is 2.61. The molecule has 0 aliphatic rings. The van der Waals surface area contributed by atoms with E-state index in [4.69, 9.17) is 45.2 Å². The Hall–Kier alpha value is -0.500. The quantitative estimate of drug-likeness (QED) is 0.809. The van der Waals surface area contributed by atoms with E-state index in [-0.39, 0.29) is 15.6 Å². The molecule has 0 fully saturated rings. The predicted molar refractivity (Wildman–Crippen MR) is 58.1 cm³/mol. The zero-order valence-corrected chi connectivity index (χ0v) is 9.55. The number of hydrogen-bond donors (Lipinski definition) is 2. The van der Waals surface area contributed by atoms with Crippen LogP contribution in [-0.4, -0.2) is 16.3 Å². The van der Waals surface area contributed by atoms with E-state index in [0.717, 1.165) is 0 Å². The van der Waals surface area contributed by atoms with Gasteiger partial charge in [-0.05, 0) is 12.1 Å². The molecule has 0 saturated carbocycles. The van der Waals surface area contributed by atoms with Gasteiger partial charge in [0, 0.05) is 20.6 Å². The van der Waals surface area contributed by atoms with Gasteiger partial charge in [0.05, 0.1) is 6.07 Å². The highest BCUT2D eigenvalue weighted by Crippen LogP contribution is 2.34. The van der Waals surface area contributed by atoms with Crippen molar-refractivity contribution in [3.05, 3.63) is 32.8 Å². The summed E-state index contributed by atoms with van der Waals surface area (Å²) >= 11 is 17.2. The van der Waals surface area contributed by atoms with Crippen LogP contribution in [0.2, 0.25) is 15.1 Å². The van der Waals surface area contributed by atoms with Crippen molar-refractivity contribution in [1.82, 2.24) is 0 Å². The number of aliphatic hydroxyl groups excluding tert-OH is 2. The fourth-order valence-corrected chi connectivity index (χ4v) is 2.10. The van der Waals surface area contributed by atoms with Gasteiger partial charge in [0.15, 0.2) is 6.10 Å². The normalized spacial score (nSPS) is 14.4. The van der Waals surface area contributed by atoms with Crippen molar-refractivity contribution >= 4 is 34.8 Å². The van der Waals surface area contributed by atoms with Crippen molar-refractivity contribution in [3.63, 3.8) is 0 Å². The summed E-state index contributed by atoms with van der Waals surface area (Å²) in [7, 11) is 0. The molecule has 2 atom stereocenters. The molecule has 3 nitrogen and oxygen atoms in total. The van der Waals surface area contributed by atoms with Crippen LogP contribution in [0.3, 0.4) is 0 Å². The summed E-state index contributed by atoms with van der Waals surface area (Å²) in [6, 6.07) is 4.23. The van der Waals surface area contributed by atoms with Crippen molar-refractivity contribution in [2.75, 3.05) is 0 Å². The average molecular weight is 267 g/mol. The smallest absolute Gasteiger partial charge is 0.170 e. The van der Waals surface area contributed by atoms with Gasteiger partial charge < -0.3 is 10.2 Å². The Morgan fingerprint density at radius 1 is 1.13 bits per heavy atom. The molecule has 0 saturated heterocycles. The highest BCUT2D eigenvalue weighted by Gasteiger charge is 2.23. The first-order valence-electron chi connectivity index (χ1n) is 3.87. The molecular weight excluding hydrogens is 260 g/mol. The molecule has 2 unspecified atom stereocenters. The number of benzene rings is 1. The molecule has 80 valence electrons. The van der Waals surface area contributed by atoms with Crippen molar-refractivity contribution in [3.8, 4) is 6.07 Å². The average Bonchev–Trinajstić information content (AvgIpc) is 2.14. The summed E-state index contributed by atoms with van der Waals surface area (Å²) in [4.78, 5) is 0. The van der Waals surface area contributed by atoms with Gasteiger partial charge in [-0.25, -0.2) is 0 Å². The predicted octanol–water partition coefficient (Wildman–Crippen LogP) is 2.56. The van der Waals surface area contributed by atoms with Gasteiger partial charge in [-0.3, -0.25) is 0 Å². The SMILES string of the molecule is N#CC(O)C(O)c1c(Cl)cc(Cl)cc1Cl. The minimum atomic E-state index is -1.58. The number of rotatable bonds is 2. The summed E-state index contributed by atoms with van der Waals surface area (Å²) < 4.78 is 0. The monoisotopic (exact) mass is 265 g/mol. The first-order chi connectivity index (χ1) is 6.97. The second-order valence-electron chi connectivity index (χ2n) is 2.80.